The molecule has 0 atom stereocenters. The van der Waals surface area contributed by atoms with E-state index >= 15 is 0 Å². The van der Waals surface area contributed by atoms with Crippen molar-refractivity contribution in [1.29, 1.82) is 0 Å². The van der Waals surface area contributed by atoms with Gasteiger partial charge in [0.2, 0.25) is 5.56 Å². The summed E-state index contributed by atoms with van der Waals surface area (Å²) in [5, 5.41) is 0.925. The molecule has 1 aliphatic heterocycles. The van der Waals surface area contributed by atoms with Gasteiger partial charge in [0.1, 0.15) is 13.2 Å². The smallest absolute Gasteiger partial charge is 0.254 e. The largest absolute Gasteiger partial charge is 0.486 e. The summed E-state index contributed by atoms with van der Waals surface area (Å²) >= 11 is 0. The van der Waals surface area contributed by atoms with Crippen LogP contribution in [0.3, 0.4) is 0 Å². The van der Waals surface area contributed by atoms with Crippen LogP contribution in [0.5, 0.6) is 11.5 Å². The molecule has 1 amide bonds. The maximum absolute atomic E-state index is 12.8. The fourth-order valence-electron chi connectivity index (χ4n) is 3.13. The van der Waals surface area contributed by atoms with Crippen molar-refractivity contribution in [1.82, 2.24) is 9.88 Å². The van der Waals surface area contributed by atoms with Crippen molar-refractivity contribution in [3.05, 3.63) is 70.0 Å². The first-order chi connectivity index (χ1) is 12.6. The molecule has 0 fully saturated rings. The van der Waals surface area contributed by atoms with Gasteiger partial charge in [-0.3, -0.25) is 9.59 Å². The van der Waals surface area contributed by atoms with E-state index in [-0.39, 0.29) is 11.5 Å². The van der Waals surface area contributed by atoms with Gasteiger partial charge in [-0.1, -0.05) is 18.2 Å². The molecular formula is C20H18N2O4. The Labute approximate surface area is 150 Å². The van der Waals surface area contributed by atoms with Crippen molar-refractivity contribution in [2.75, 3.05) is 20.3 Å². The van der Waals surface area contributed by atoms with Gasteiger partial charge in [-0.05, 0) is 29.8 Å². The van der Waals surface area contributed by atoms with Gasteiger partial charge < -0.3 is 19.4 Å². The monoisotopic (exact) mass is 350 g/mol. The van der Waals surface area contributed by atoms with Crippen LogP contribution in [-0.2, 0) is 6.54 Å². The summed E-state index contributed by atoms with van der Waals surface area (Å²) in [6.45, 7) is 1.31. The first-order valence-electron chi connectivity index (χ1n) is 8.38. The minimum Gasteiger partial charge on any atom is -0.486 e. The standard InChI is InChI=1S/C20H18N2O4/c1-22(12-14-11-19(23)21-16-5-3-2-4-15(14)16)20(24)13-6-7-17-18(10-13)26-9-8-25-17/h2-7,10-11H,8-9,12H2,1H3,(H,21,23). The fourth-order valence-corrected chi connectivity index (χ4v) is 3.13. The molecule has 0 unspecified atom stereocenters. The molecule has 132 valence electrons. The van der Waals surface area contributed by atoms with Crippen molar-refractivity contribution < 1.29 is 14.3 Å². The number of carbonyl (C=O) groups excluding carboxylic acids is 1. The maximum Gasteiger partial charge on any atom is 0.254 e. The lowest BCUT2D eigenvalue weighted by Gasteiger charge is -2.21. The highest BCUT2D eigenvalue weighted by Crippen LogP contribution is 2.31. The molecule has 3 aromatic rings. The molecule has 0 radical (unpaired) electrons. The zero-order chi connectivity index (χ0) is 18.1. The highest BCUT2D eigenvalue weighted by molar-refractivity contribution is 5.95. The topological polar surface area (TPSA) is 71.6 Å². The number of nitrogens with zero attached hydrogens (tertiary/aromatic N) is 1. The molecule has 0 bridgehead atoms. The molecule has 4 rings (SSSR count). The number of benzene rings is 2. The van der Waals surface area contributed by atoms with Crippen molar-refractivity contribution in [2.45, 2.75) is 6.54 Å². The van der Waals surface area contributed by atoms with Gasteiger partial charge in [0.25, 0.3) is 5.91 Å². The number of fused-ring (bicyclic) bond motifs is 2. The van der Waals surface area contributed by atoms with E-state index in [4.69, 9.17) is 9.47 Å². The van der Waals surface area contributed by atoms with E-state index in [1.165, 1.54) is 6.07 Å². The third-order valence-corrected chi connectivity index (χ3v) is 4.38. The van der Waals surface area contributed by atoms with Crippen LogP contribution >= 0.6 is 0 Å². The normalized spacial score (nSPS) is 12.8. The van der Waals surface area contributed by atoms with E-state index in [9.17, 15) is 9.59 Å². The van der Waals surface area contributed by atoms with Gasteiger partial charge in [0.15, 0.2) is 11.5 Å². The van der Waals surface area contributed by atoms with Gasteiger partial charge in [0.05, 0.1) is 0 Å². The van der Waals surface area contributed by atoms with Crippen LogP contribution in [0.2, 0.25) is 0 Å². The van der Waals surface area contributed by atoms with Crippen LogP contribution in [0.25, 0.3) is 10.9 Å². The van der Waals surface area contributed by atoms with Crippen molar-refractivity contribution in [3.63, 3.8) is 0 Å². The second-order valence-corrected chi connectivity index (χ2v) is 6.22. The summed E-state index contributed by atoms with van der Waals surface area (Å²) < 4.78 is 11.0. The SMILES string of the molecule is CN(Cc1cc(=O)[nH]c2ccccc12)C(=O)c1ccc2c(c1)OCCO2. The quantitative estimate of drug-likeness (QED) is 0.788. The minimum atomic E-state index is -0.182. The summed E-state index contributed by atoms with van der Waals surface area (Å²) in [4.78, 5) is 29.1. The molecule has 0 aliphatic carbocycles. The number of nitrogens with one attached hydrogen (secondary N) is 1. The van der Waals surface area contributed by atoms with Crippen molar-refractivity contribution in [2.24, 2.45) is 0 Å². The summed E-state index contributed by atoms with van der Waals surface area (Å²) in [6.07, 6.45) is 0. The summed E-state index contributed by atoms with van der Waals surface area (Å²) in [6, 6.07) is 14.3. The molecule has 26 heavy (non-hydrogen) atoms. The number of aromatic amines is 1. The highest BCUT2D eigenvalue weighted by Gasteiger charge is 2.18. The molecule has 6 nitrogen and oxygen atoms in total. The Morgan fingerprint density at radius 3 is 2.69 bits per heavy atom. The second kappa shape index (κ2) is 6.55. The maximum atomic E-state index is 12.8. The lowest BCUT2D eigenvalue weighted by molar-refractivity contribution is 0.0784. The Morgan fingerprint density at radius 2 is 1.85 bits per heavy atom. The number of hydrogen-bond donors (Lipinski definition) is 1. The minimum absolute atomic E-state index is 0.147. The predicted octanol–water partition coefficient (Wildman–Crippen LogP) is 2.57. The summed E-state index contributed by atoms with van der Waals surface area (Å²) in [5.41, 5.74) is 1.90. The molecule has 1 aliphatic rings. The summed E-state index contributed by atoms with van der Waals surface area (Å²) in [7, 11) is 1.72. The van der Waals surface area contributed by atoms with Crippen LogP contribution in [0.15, 0.2) is 53.3 Å². The fraction of sp³-hybridized carbons (Fsp3) is 0.200. The first-order valence-corrected chi connectivity index (χ1v) is 8.38. The van der Waals surface area contributed by atoms with E-state index in [0.29, 0.717) is 36.8 Å². The molecule has 2 heterocycles. The van der Waals surface area contributed by atoms with Gasteiger partial charge in [-0.2, -0.15) is 0 Å². The molecule has 0 spiro atoms. The Hall–Kier alpha value is -3.28. The molecule has 2 aromatic carbocycles. The lowest BCUT2D eigenvalue weighted by atomic mass is 10.1. The van der Waals surface area contributed by atoms with Gasteiger partial charge in [0, 0.05) is 36.1 Å². The molecule has 1 aromatic heterocycles. The Balaban J connectivity index is 1.61. The second-order valence-electron chi connectivity index (χ2n) is 6.22. The van der Waals surface area contributed by atoms with Crippen LogP contribution in [0.4, 0.5) is 0 Å². The molecule has 0 saturated heterocycles. The third kappa shape index (κ3) is 3.01. The number of carbonyl (C=O) groups is 1. The zero-order valence-electron chi connectivity index (χ0n) is 14.3. The number of para-hydroxylation sites is 1. The van der Waals surface area contributed by atoms with Crippen molar-refractivity contribution >= 4 is 16.8 Å². The number of hydrogen-bond acceptors (Lipinski definition) is 4. The van der Waals surface area contributed by atoms with E-state index in [1.54, 1.807) is 30.1 Å². The Morgan fingerprint density at radius 1 is 1.08 bits per heavy atom. The molecule has 6 heteroatoms. The average molecular weight is 350 g/mol. The number of rotatable bonds is 3. The van der Waals surface area contributed by atoms with Crippen molar-refractivity contribution in [3.8, 4) is 11.5 Å². The van der Waals surface area contributed by atoms with E-state index < -0.39 is 0 Å². The predicted molar refractivity (Wildman–Crippen MR) is 97.8 cm³/mol. The molecule has 0 saturated carbocycles. The first kappa shape index (κ1) is 16.2. The number of H-pyrrole nitrogens is 1. The number of aromatic nitrogens is 1. The van der Waals surface area contributed by atoms with Gasteiger partial charge in [-0.25, -0.2) is 0 Å². The van der Waals surface area contributed by atoms with Crippen LogP contribution in [-0.4, -0.2) is 36.1 Å². The van der Waals surface area contributed by atoms with Gasteiger partial charge >= 0.3 is 0 Å². The third-order valence-electron chi connectivity index (χ3n) is 4.38. The van der Waals surface area contributed by atoms with Crippen LogP contribution < -0.4 is 15.0 Å². The molecule has 1 N–H and O–H groups in total. The Kier molecular flexibility index (Phi) is 4.08. The highest BCUT2D eigenvalue weighted by atomic mass is 16.6. The Bertz CT molecular complexity index is 1040. The zero-order valence-corrected chi connectivity index (χ0v) is 14.3. The van der Waals surface area contributed by atoms with E-state index in [2.05, 4.69) is 4.98 Å². The van der Waals surface area contributed by atoms with Gasteiger partial charge in [-0.15, -0.1) is 0 Å². The number of pyridine rings is 1. The average Bonchev–Trinajstić information content (AvgIpc) is 2.66. The number of ether oxygens (including phenoxy) is 2. The molecular weight excluding hydrogens is 332 g/mol. The van der Waals surface area contributed by atoms with E-state index in [0.717, 1.165) is 16.5 Å². The van der Waals surface area contributed by atoms with Crippen LogP contribution in [0.1, 0.15) is 15.9 Å². The lowest BCUT2D eigenvalue weighted by Crippen LogP contribution is -2.27. The van der Waals surface area contributed by atoms with E-state index in [1.807, 2.05) is 24.3 Å². The van der Waals surface area contributed by atoms with Crippen LogP contribution in [0, 0.1) is 0 Å². The number of amides is 1. The summed E-state index contributed by atoms with van der Waals surface area (Å²) in [5.74, 6) is 1.08.